The molecule has 6 nitrogen and oxygen atoms in total. The number of anilines is 1. The molecule has 0 bridgehead atoms. The molecule has 2 heterocycles. The summed E-state index contributed by atoms with van der Waals surface area (Å²) in [6, 6.07) is 4.40. The molecule has 1 fully saturated rings. The van der Waals surface area contributed by atoms with Crippen molar-refractivity contribution in [1.82, 2.24) is 9.29 Å². The van der Waals surface area contributed by atoms with E-state index in [2.05, 4.69) is 10.3 Å². The van der Waals surface area contributed by atoms with Crippen molar-refractivity contribution in [3.63, 3.8) is 0 Å². The summed E-state index contributed by atoms with van der Waals surface area (Å²) in [4.78, 5) is 17.0. The second kappa shape index (κ2) is 7.82. The molecule has 10 heteroatoms. The number of hydrogen-bond acceptors (Lipinski definition) is 5. The van der Waals surface area contributed by atoms with Gasteiger partial charge in [-0.25, -0.2) is 13.4 Å². The number of rotatable bonds is 4. The molecule has 3 rings (SSSR count). The fraction of sp³-hybridized carbons (Fsp3) is 0.375. The van der Waals surface area contributed by atoms with Crippen LogP contribution in [0.15, 0.2) is 23.6 Å². The second-order valence-electron chi connectivity index (χ2n) is 6.04. The van der Waals surface area contributed by atoms with Gasteiger partial charge in [0.25, 0.3) is 0 Å². The maximum absolute atomic E-state index is 12.6. The van der Waals surface area contributed by atoms with Crippen LogP contribution in [-0.4, -0.2) is 42.5 Å². The lowest BCUT2D eigenvalue weighted by molar-refractivity contribution is -0.120. The molecule has 1 aromatic heterocycles. The third kappa shape index (κ3) is 4.37. The summed E-state index contributed by atoms with van der Waals surface area (Å²) in [6.45, 7) is 0.362. The molecule has 1 aromatic carbocycles. The van der Waals surface area contributed by atoms with Gasteiger partial charge in [-0.15, -0.1) is 11.3 Å². The number of nitrogens with zero attached hydrogens (tertiary/aromatic N) is 2. The van der Waals surface area contributed by atoms with Gasteiger partial charge in [-0.3, -0.25) is 4.79 Å². The molecule has 26 heavy (non-hydrogen) atoms. The topological polar surface area (TPSA) is 79.4 Å². The minimum Gasteiger partial charge on any atom is -0.301 e. The third-order valence-corrected chi connectivity index (χ3v) is 6.72. The van der Waals surface area contributed by atoms with Gasteiger partial charge in [0.05, 0.1) is 17.0 Å². The smallest absolute Gasteiger partial charge is 0.244 e. The molecule has 1 saturated heterocycles. The largest absolute Gasteiger partial charge is 0.301 e. The van der Waals surface area contributed by atoms with Gasteiger partial charge in [-0.05, 0) is 31.0 Å². The van der Waals surface area contributed by atoms with E-state index in [0.717, 1.165) is 19.1 Å². The zero-order valence-corrected chi connectivity index (χ0v) is 17.1. The van der Waals surface area contributed by atoms with Gasteiger partial charge in [0.1, 0.15) is 6.04 Å². The first-order valence-corrected chi connectivity index (χ1v) is 11.4. The highest BCUT2D eigenvalue weighted by atomic mass is 35.5. The normalized spacial score (nSPS) is 18.7. The molecule has 1 N–H and O–H groups in total. The summed E-state index contributed by atoms with van der Waals surface area (Å²) >= 11 is 13.3. The molecular formula is C16H17Cl2N3O3S2. The molecular weight excluding hydrogens is 417 g/mol. The van der Waals surface area contributed by atoms with Crippen LogP contribution in [0.25, 0.3) is 11.3 Å². The molecule has 2 aromatic rings. The maximum Gasteiger partial charge on any atom is 0.244 e. The van der Waals surface area contributed by atoms with Crippen molar-refractivity contribution in [3.8, 4) is 11.3 Å². The van der Waals surface area contributed by atoms with E-state index in [0.29, 0.717) is 39.4 Å². The van der Waals surface area contributed by atoms with Crippen LogP contribution in [0.1, 0.15) is 19.3 Å². The lowest BCUT2D eigenvalue weighted by Gasteiger charge is -2.32. The third-order valence-electron chi connectivity index (χ3n) is 4.12. The van der Waals surface area contributed by atoms with Crippen molar-refractivity contribution in [3.05, 3.63) is 33.6 Å². The lowest BCUT2D eigenvalue weighted by Crippen LogP contribution is -2.49. The minimum atomic E-state index is -3.43. The van der Waals surface area contributed by atoms with Crippen molar-refractivity contribution in [2.75, 3.05) is 18.1 Å². The monoisotopic (exact) mass is 433 g/mol. The van der Waals surface area contributed by atoms with E-state index in [4.69, 9.17) is 23.2 Å². The molecule has 1 amide bonds. The van der Waals surface area contributed by atoms with E-state index >= 15 is 0 Å². The Bertz CT molecular complexity index is 931. The van der Waals surface area contributed by atoms with E-state index in [-0.39, 0.29) is 5.91 Å². The molecule has 1 aliphatic rings. The number of carbonyl (C=O) groups is 1. The first-order chi connectivity index (χ1) is 12.3. The Morgan fingerprint density at radius 3 is 2.81 bits per heavy atom. The standard InChI is InChI=1S/C16H17Cl2N3O3S2/c1-26(23,24)21-7-3-2-4-14(21)15(22)20-16-19-13(9-25-16)11-6-5-10(17)8-12(11)18/h5-6,8-9,14H,2-4,7H2,1H3,(H,19,20,22)/t14-/m0/s1. The van der Waals surface area contributed by atoms with Crippen molar-refractivity contribution >= 4 is 55.6 Å². The number of sulfonamides is 1. The van der Waals surface area contributed by atoms with E-state index < -0.39 is 16.1 Å². The van der Waals surface area contributed by atoms with Crippen LogP contribution in [0.4, 0.5) is 5.13 Å². The molecule has 1 aliphatic heterocycles. The minimum absolute atomic E-state index is 0.362. The summed E-state index contributed by atoms with van der Waals surface area (Å²) < 4.78 is 25.1. The Morgan fingerprint density at radius 1 is 1.35 bits per heavy atom. The molecule has 0 unspecified atom stereocenters. The lowest BCUT2D eigenvalue weighted by atomic mass is 10.0. The van der Waals surface area contributed by atoms with E-state index in [9.17, 15) is 13.2 Å². The molecule has 0 aliphatic carbocycles. The van der Waals surface area contributed by atoms with Crippen LogP contribution in [-0.2, 0) is 14.8 Å². The zero-order valence-electron chi connectivity index (χ0n) is 13.9. The van der Waals surface area contributed by atoms with Gasteiger partial charge in [-0.2, -0.15) is 4.31 Å². The Kier molecular flexibility index (Phi) is 5.88. The van der Waals surface area contributed by atoms with Crippen LogP contribution in [0.2, 0.25) is 10.0 Å². The molecule has 0 spiro atoms. The summed E-state index contributed by atoms with van der Waals surface area (Å²) in [5, 5.41) is 5.90. The van der Waals surface area contributed by atoms with Gasteiger partial charge in [-0.1, -0.05) is 29.6 Å². The fourth-order valence-corrected chi connectivity index (χ4v) is 5.25. The van der Waals surface area contributed by atoms with E-state index in [1.165, 1.54) is 15.6 Å². The molecule has 140 valence electrons. The molecule has 0 saturated carbocycles. The summed E-state index contributed by atoms with van der Waals surface area (Å²) in [6.07, 6.45) is 3.20. The number of benzene rings is 1. The summed E-state index contributed by atoms with van der Waals surface area (Å²) in [5.74, 6) is -0.363. The number of aromatic nitrogens is 1. The van der Waals surface area contributed by atoms with Crippen LogP contribution in [0.5, 0.6) is 0 Å². The van der Waals surface area contributed by atoms with Gasteiger partial charge in [0, 0.05) is 22.5 Å². The molecule has 0 radical (unpaired) electrons. The van der Waals surface area contributed by atoms with Gasteiger partial charge < -0.3 is 5.32 Å². The van der Waals surface area contributed by atoms with Gasteiger partial charge in [0.2, 0.25) is 15.9 Å². The number of amides is 1. The summed E-state index contributed by atoms with van der Waals surface area (Å²) in [5.41, 5.74) is 1.33. The Labute approximate surface area is 166 Å². The number of thiazole rings is 1. The number of nitrogens with one attached hydrogen (secondary N) is 1. The average Bonchev–Trinajstić information content (AvgIpc) is 3.02. The van der Waals surface area contributed by atoms with Crippen molar-refractivity contribution in [2.45, 2.75) is 25.3 Å². The van der Waals surface area contributed by atoms with Crippen molar-refractivity contribution < 1.29 is 13.2 Å². The van der Waals surface area contributed by atoms with E-state index in [1.807, 2.05) is 0 Å². The Balaban J connectivity index is 1.77. The second-order valence-corrected chi connectivity index (χ2v) is 9.67. The highest BCUT2D eigenvalue weighted by Crippen LogP contribution is 2.32. The van der Waals surface area contributed by atoms with Crippen LogP contribution in [0, 0.1) is 0 Å². The van der Waals surface area contributed by atoms with Crippen molar-refractivity contribution in [2.24, 2.45) is 0 Å². The zero-order chi connectivity index (χ0) is 18.9. The fourth-order valence-electron chi connectivity index (χ4n) is 2.90. The quantitative estimate of drug-likeness (QED) is 0.793. The van der Waals surface area contributed by atoms with E-state index in [1.54, 1.807) is 23.6 Å². The number of halogens is 2. The van der Waals surface area contributed by atoms with Crippen LogP contribution < -0.4 is 5.32 Å². The number of hydrogen-bond donors (Lipinski definition) is 1. The van der Waals surface area contributed by atoms with Crippen LogP contribution in [0.3, 0.4) is 0 Å². The number of carbonyl (C=O) groups excluding carboxylic acids is 1. The first kappa shape index (κ1) is 19.6. The molecule has 1 atom stereocenters. The predicted molar refractivity (Wildman–Crippen MR) is 105 cm³/mol. The highest BCUT2D eigenvalue weighted by Gasteiger charge is 2.34. The SMILES string of the molecule is CS(=O)(=O)N1CCCC[C@H]1C(=O)Nc1nc(-c2ccc(Cl)cc2Cl)cs1. The number of piperidine rings is 1. The Morgan fingerprint density at radius 2 is 2.12 bits per heavy atom. The predicted octanol–water partition coefficient (Wildman–Crippen LogP) is 3.87. The highest BCUT2D eigenvalue weighted by molar-refractivity contribution is 7.88. The average molecular weight is 434 g/mol. The Hall–Kier alpha value is -1.19. The first-order valence-electron chi connectivity index (χ1n) is 7.94. The van der Waals surface area contributed by atoms with Crippen molar-refractivity contribution in [1.29, 1.82) is 0 Å². The van der Waals surface area contributed by atoms with Crippen LogP contribution >= 0.6 is 34.5 Å². The van der Waals surface area contributed by atoms with Gasteiger partial charge in [0.15, 0.2) is 5.13 Å². The maximum atomic E-state index is 12.6. The summed E-state index contributed by atoms with van der Waals surface area (Å²) in [7, 11) is -3.43. The van der Waals surface area contributed by atoms with Gasteiger partial charge >= 0.3 is 0 Å².